The molecule has 192 valence electrons. The van der Waals surface area contributed by atoms with Crippen LogP contribution in [-0.2, 0) is 11.3 Å². The molecular weight excluding hydrogens is 485 g/mol. The third kappa shape index (κ3) is 6.08. The van der Waals surface area contributed by atoms with E-state index in [2.05, 4.69) is 20.8 Å². The average Bonchev–Trinajstić information content (AvgIpc) is 3.50. The van der Waals surface area contributed by atoms with E-state index in [-0.39, 0.29) is 29.9 Å². The fourth-order valence-electron chi connectivity index (χ4n) is 4.02. The number of rotatable bonds is 8. The summed E-state index contributed by atoms with van der Waals surface area (Å²) in [5, 5.41) is 12.9. The average molecular weight is 516 g/mol. The van der Waals surface area contributed by atoms with Gasteiger partial charge in [-0.1, -0.05) is 5.16 Å². The molecule has 2 amide bonds. The maximum atomic E-state index is 13.5. The van der Waals surface area contributed by atoms with E-state index < -0.39 is 0 Å². The zero-order valence-corrected chi connectivity index (χ0v) is 21.4. The number of hydrogen-bond donors (Lipinski definition) is 2. The summed E-state index contributed by atoms with van der Waals surface area (Å²) >= 11 is 1.33. The molecule has 1 aromatic carbocycles. The molecular formula is C25H30FN5O4S. The molecule has 1 aliphatic rings. The second-order valence-corrected chi connectivity index (χ2v) is 9.70. The van der Waals surface area contributed by atoms with Crippen molar-refractivity contribution in [2.45, 2.75) is 52.2 Å². The van der Waals surface area contributed by atoms with Crippen molar-refractivity contribution in [1.82, 2.24) is 25.7 Å². The predicted molar refractivity (Wildman–Crippen MR) is 134 cm³/mol. The van der Waals surface area contributed by atoms with Crippen molar-refractivity contribution in [2.75, 3.05) is 19.7 Å². The summed E-state index contributed by atoms with van der Waals surface area (Å²) in [5.74, 6) is -0.0191. The number of halogens is 1. The fourth-order valence-corrected chi connectivity index (χ4v) is 4.88. The van der Waals surface area contributed by atoms with Gasteiger partial charge in [0.2, 0.25) is 0 Å². The number of ether oxygens (including phenoxy) is 1. The van der Waals surface area contributed by atoms with Crippen molar-refractivity contribution in [3.63, 3.8) is 0 Å². The second-order valence-electron chi connectivity index (χ2n) is 8.84. The van der Waals surface area contributed by atoms with Crippen LogP contribution in [0.1, 0.15) is 49.9 Å². The van der Waals surface area contributed by atoms with Gasteiger partial charge in [-0.25, -0.2) is 14.2 Å². The van der Waals surface area contributed by atoms with E-state index in [9.17, 15) is 14.0 Å². The van der Waals surface area contributed by atoms with Gasteiger partial charge in [0, 0.05) is 36.1 Å². The van der Waals surface area contributed by atoms with E-state index in [1.807, 2.05) is 13.8 Å². The first kappa shape index (κ1) is 25.8. The SMILES string of the molecule is CCOC(=O)N1CCC(NCc2onc(-c3ccc(F)cc3)c2-c2nc(C(=O)NC(C)C)cs2)CC1. The van der Waals surface area contributed by atoms with Gasteiger partial charge in [-0.3, -0.25) is 4.79 Å². The molecule has 2 N–H and O–H groups in total. The smallest absolute Gasteiger partial charge is 0.409 e. The Bertz CT molecular complexity index is 1190. The van der Waals surface area contributed by atoms with Gasteiger partial charge in [0.1, 0.15) is 22.2 Å². The molecule has 0 radical (unpaired) electrons. The van der Waals surface area contributed by atoms with Crippen LogP contribution in [0, 0.1) is 5.82 Å². The van der Waals surface area contributed by atoms with Crippen molar-refractivity contribution in [3.8, 4) is 21.8 Å². The Hall–Kier alpha value is -3.31. The molecule has 1 fully saturated rings. The van der Waals surface area contributed by atoms with E-state index in [0.717, 1.165) is 12.8 Å². The lowest BCUT2D eigenvalue weighted by Crippen LogP contribution is -2.44. The molecule has 4 rings (SSSR count). The number of nitrogens with one attached hydrogen (secondary N) is 2. The van der Waals surface area contributed by atoms with E-state index in [0.29, 0.717) is 59.5 Å². The van der Waals surface area contributed by atoms with Crippen LogP contribution in [0.15, 0.2) is 34.2 Å². The second kappa shape index (κ2) is 11.6. The Morgan fingerprint density at radius 1 is 1.25 bits per heavy atom. The number of aromatic nitrogens is 2. The van der Waals surface area contributed by atoms with Gasteiger partial charge < -0.3 is 24.8 Å². The number of thiazole rings is 1. The lowest BCUT2D eigenvalue weighted by molar-refractivity contribution is 0.0934. The molecule has 9 nitrogen and oxygen atoms in total. The molecule has 3 heterocycles. The third-order valence-corrected chi connectivity index (χ3v) is 6.68. The number of piperidine rings is 1. The van der Waals surface area contributed by atoms with E-state index in [1.165, 1.54) is 23.5 Å². The van der Waals surface area contributed by atoms with Gasteiger partial charge in [0.05, 0.1) is 18.7 Å². The Labute approximate surface area is 213 Å². The van der Waals surface area contributed by atoms with Crippen LogP contribution in [-0.4, -0.2) is 58.8 Å². The molecule has 0 spiro atoms. The minimum Gasteiger partial charge on any atom is -0.450 e. The molecule has 3 aromatic rings. The van der Waals surface area contributed by atoms with Crippen LogP contribution in [0.3, 0.4) is 0 Å². The molecule has 0 atom stereocenters. The highest BCUT2D eigenvalue weighted by Gasteiger charge is 2.26. The van der Waals surface area contributed by atoms with E-state index >= 15 is 0 Å². The number of carbonyl (C=O) groups excluding carboxylic acids is 2. The summed E-state index contributed by atoms with van der Waals surface area (Å²) < 4.78 is 24.3. The van der Waals surface area contributed by atoms with Crippen LogP contribution in [0.4, 0.5) is 9.18 Å². The lowest BCUT2D eigenvalue weighted by Gasteiger charge is -2.31. The Kier molecular flexibility index (Phi) is 8.32. The summed E-state index contributed by atoms with van der Waals surface area (Å²) in [6.07, 6.45) is 1.28. The van der Waals surface area contributed by atoms with Crippen molar-refractivity contribution >= 4 is 23.3 Å². The maximum Gasteiger partial charge on any atom is 0.409 e. The summed E-state index contributed by atoms with van der Waals surface area (Å²) in [6, 6.07) is 6.19. The van der Waals surface area contributed by atoms with Crippen LogP contribution >= 0.6 is 11.3 Å². The highest BCUT2D eigenvalue weighted by atomic mass is 32.1. The molecule has 0 unspecified atom stereocenters. The molecule has 0 aliphatic carbocycles. The number of likely N-dealkylation sites (tertiary alicyclic amines) is 1. The zero-order valence-electron chi connectivity index (χ0n) is 20.5. The summed E-state index contributed by atoms with van der Waals surface area (Å²) in [5.41, 5.74) is 2.22. The van der Waals surface area contributed by atoms with Crippen molar-refractivity contribution in [3.05, 3.63) is 46.9 Å². The van der Waals surface area contributed by atoms with Crippen molar-refractivity contribution in [1.29, 1.82) is 0 Å². The van der Waals surface area contributed by atoms with Gasteiger partial charge in [0.15, 0.2) is 5.76 Å². The minimum absolute atomic E-state index is 0.0111. The lowest BCUT2D eigenvalue weighted by atomic mass is 10.0. The highest BCUT2D eigenvalue weighted by Crippen LogP contribution is 2.36. The predicted octanol–water partition coefficient (Wildman–Crippen LogP) is 4.45. The normalized spacial score (nSPS) is 14.3. The Morgan fingerprint density at radius 2 is 1.97 bits per heavy atom. The number of nitrogens with zero attached hydrogens (tertiary/aromatic N) is 3. The molecule has 11 heteroatoms. The van der Waals surface area contributed by atoms with Crippen LogP contribution in [0.25, 0.3) is 21.8 Å². The summed E-state index contributed by atoms with van der Waals surface area (Å²) in [6.45, 7) is 7.55. The topological polar surface area (TPSA) is 110 Å². The molecule has 36 heavy (non-hydrogen) atoms. The monoisotopic (exact) mass is 515 g/mol. The molecule has 0 saturated carbocycles. The minimum atomic E-state index is -0.346. The Morgan fingerprint density at radius 3 is 2.64 bits per heavy atom. The summed E-state index contributed by atoms with van der Waals surface area (Å²) in [4.78, 5) is 30.7. The van der Waals surface area contributed by atoms with Crippen LogP contribution in [0.2, 0.25) is 0 Å². The van der Waals surface area contributed by atoms with Crippen LogP contribution < -0.4 is 10.6 Å². The first-order chi connectivity index (χ1) is 17.4. The van der Waals surface area contributed by atoms with Gasteiger partial charge in [-0.05, 0) is 57.9 Å². The van der Waals surface area contributed by atoms with Crippen LogP contribution in [0.5, 0.6) is 0 Å². The molecule has 1 saturated heterocycles. The largest absolute Gasteiger partial charge is 0.450 e. The number of amides is 2. The number of benzene rings is 1. The molecule has 2 aromatic heterocycles. The number of carbonyl (C=O) groups is 2. The summed E-state index contributed by atoms with van der Waals surface area (Å²) in [7, 11) is 0. The zero-order chi connectivity index (χ0) is 25.7. The quantitative estimate of drug-likeness (QED) is 0.456. The standard InChI is InChI=1S/C25H30FN5O4S/c1-4-34-25(33)31-11-9-18(10-12-31)27-13-20-21(22(30-35-20)16-5-7-17(26)8-6-16)24-29-19(14-36-24)23(32)28-15(2)3/h5-8,14-15,18,27H,4,9-13H2,1-3H3,(H,28,32). The van der Waals surface area contributed by atoms with Crippen molar-refractivity contribution in [2.24, 2.45) is 0 Å². The first-order valence-electron chi connectivity index (χ1n) is 12.0. The van der Waals surface area contributed by atoms with E-state index in [1.54, 1.807) is 29.3 Å². The fraction of sp³-hybridized carbons (Fsp3) is 0.440. The molecule has 0 bridgehead atoms. The van der Waals surface area contributed by atoms with E-state index in [4.69, 9.17) is 9.26 Å². The molecule has 1 aliphatic heterocycles. The number of hydrogen-bond acceptors (Lipinski definition) is 8. The van der Waals surface area contributed by atoms with Gasteiger partial charge in [0.25, 0.3) is 5.91 Å². The maximum absolute atomic E-state index is 13.5. The Balaban J connectivity index is 1.54. The first-order valence-corrected chi connectivity index (χ1v) is 12.9. The van der Waals surface area contributed by atoms with Gasteiger partial charge >= 0.3 is 6.09 Å². The van der Waals surface area contributed by atoms with Gasteiger partial charge in [-0.2, -0.15) is 0 Å². The van der Waals surface area contributed by atoms with Crippen molar-refractivity contribution < 1.29 is 23.2 Å². The van der Waals surface area contributed by atoms with Gasteiger partial charge in [-0.15, -0.1) is 11.3 Å². The highest BCUT2D eigenvalue weighted by molar-refractivity contribution is 7.13. The third-order valence-electron chi connectivity index (χ3n) is 5.82.